The molecular weight excluding hydrogens is 246 g/mol. The Bertz CT molecular complexity index is 720. The molecule has 1 unspecified atom stereocenters. The van der Waals surface area contributed by atoms with Crippen molar-refractivity contribution in [3.05, 3.63) is 71.5 Å². The largest absolute Gasteiger partial charge is 0.320 e. The van der Waals surface area contributed by atoms with Gasteiger partial charge >= 0.3 is 0 Å². The van der Waals surface area contributed by atoms with Crippen molar-refractivity contribution in [2.45, 2.75) is 19.4 Å². The first-order valence-corrected chi connectivity index (χ1v) is 6.83. The quantitative estimate of drug-likeness (QED) is 0.789. The Morgan fingerprint density at radius 1 is 0.900 bits per heavy atom. The lowest BCUT2D eigenvalue weighted by Crippen LogP contribution is -2.11. The van der Waals surface area contributed by atoms with E-state index in [0.717, 1.165) is 28.6 Å². The van der Waals surface area contributed by atoms with E-state index in [2.05, 4.69) is 41.2 Å². The molecule has 100 valence electrons. The highest BCUT2D eigenvalue weighted by Crippen LogP contribution is 2.22. The molecule has 0 saturated carbocycles. The lowest BCUT2D eigenvalue weighted by molar-refractivity contribution is 0.871. The minimum Gasteiger partial charge on any atom is -0.320 e. The molecule has 0 fully saturated rings. The third-order valence-corrected chi connectivity index (χ3v) is 3.60. The summed E-state index contributed by atoms with van der Waals surface area (Å²) in [5.74, 6) is 0. The van der Waals surface area contributed by atoms with E-state index in [1.54, 1.807) is 12.4 Å². The highest BCUT2D eigenvalue weighted by molar-refractivity contribution is 5.74. The standard InChI is InChI=1S/C17H17N3/c1-2-12-3-5-13(6-4-12)17(18)14-7-8-15-16(11-14)20-10-9-19-15/h3-11,17H,2,18H2,1H3. The van der Waals surface area contributed by atoms with Crippen LogP contribution in [0, 0.1) is 0 Å². The Hall–Kier alpha value is -2.26. The van der Waals surface area contributed by atoms with Gasteiger partial charge in [-0.3, -0.25) is 9.97 Å². The van der Waals surface area contributed by atoms with E-state index in [1.807, 2.05) is 18.2 Å². The number of nitrogens with zero attached hydrogens (tertiary/aromatic N) is 2. The van der Waals surface area contributed by atoms with Crippen LogP contribution in [0.2, 0.25) is 0 Å². The Morgan fingerprint density at radius 3 is 2.25 bits per heavy atom. The number of rotatable bonds is 3. The summed E-state index contributed by atoms with van der Waals surface area (Å²) in [6, 6.07) is 14.3. The fraction of sp³-hybridized carbons (Fsp3) is 0.176. The summed E-state index contributed by atoms with van der Waals surface area (Å²) in [7, 11) is 0. The highest BCUT2D eigenvalue weighted by atomic mass is 14.8. The molecule has 0 bridgehead atoms. The van der Waals surface area contributed by atoms with E-state index >= 15 is 0 Å². The average Bonchev–Trinajstić information content (AvgIpc) is 2.54. The molecule has 1 aromatic heterocycles. The van der Waals surface area contributed by atoms with Crippen molar-refractivity contribution in [3.63, 3.8) is 0 Å². The summed E-state index contributed by atoms with van der Waals surface area (Å²) in [4.78, 5) is 8.60. The number of aromatic nitrogens is 2. The molecule has 0 saturated heterocycles. The van der Waals surface area contributed by atoms with Gasteiger partial charge in [-0.15, -0.1) is 0 Å². The summed E-state index contributed by atoms with van der Waals surface area (Å²) >= 11 is 0. The van der Waals surface area contributed by atoms with Gasteiger partial charge in [-0.2, -0.15) is 0 Å². The van der Waals surface area contributed by atoms with Crippen molar-refractivity contribution < 1.29 is 0 Å². The van der Waals surface area contributed by atoms with Crippen LogP contribution >= 0.6 is 0 Å². The lowest BCUT2D eigenvalue weighted by atomic mass is 9.98. The van der Waals surface area contributed by atoms with Crippen LogP contribution in [0.5, 0.6) is 0 Å². The maximum absolute atomic E-state index is 6.35. The van der Waals surface area contributed by atoms with Gasteiger partial charge in [0, 0.05) is 12.4 Å². The molecule has 0 aliphatic heterocycles. The van der Waals surface area contributed by atoms with Crippen LogP contribution in [0.4, 0.5) is 0 Å². The summed E-state index contributed by atoms with van der Waals surface area (Å²) < 4.78 is 0. The fourth-order valence-electron chi connectivity index (χ4n) is 2.33. The number of hydrogen-bond acceptors (Lipinski definition) is 3. The van der Waals surface area contributed by atoms with Crippen molar-refractivity contribution in [2.75, 3.05) is 0 Å². The van der Waals surface area contributed by atoms with Gasteiger partial charge in [0.25, 0.3) is 0 Å². The third-order valence-electron chi connectivity index (χ3n) is 3.60. The van der Waals surface area contributed by atoms with Gasteiger partial charge in [0.2, 0.25) is 0 Å². The summed E-state index contributed by atoms with van der Waals surface area (Å²) in [5, 5.41) is 0. The molecule has 20 heavy (non-hydrogen) atoms. The molecule has 0 aliphatic carbocycles. The third kappa shape index (κ3) is 2.40. The molecule has 0 aliphatic rings. The first kappa shape index (κ1) is 12.8. The molecule has 3 rings (SSSR count). The Balaban J connectivity index is 1.96. The second kappa shape index (κ2) is 5.39. The minimum atomic E-state index is -0.132. The first-order valence-electron chi connectivity index (χ1n) is 6.83. The molecule has 3 heteroatoms. The van der Waals surface area contributed by atoms with E-state index in [9.17, 15) is 0 Å². The molecule has 0 radical (unpaired) electrons. The summed E-state index contributed by atoms with van der Waals surface area (Å²) in [6.45, 7) is 2.15. The number of nitrogens with two attached hydrogens (primary N) is 1. The van der Waals surface area contributed by atoms with E-state index < -0.39 is 0 Å². The molecule has 2 aromatic carbocycles. The molecule has 2 N–H and O–H groups in total. The van der Waals surface area contributed by atoms with Gasteiger partial charge in [-0.1, -0.05) is 37.3 Å². The van der Waals surface area contributed by atoms with Crippen LogP contribution < -0.4 is 5.73 Å². The topological polar surface area (TPSA) is 51.8 Å². The molecular formula is C17H17N3. The Morgan fingerprint density at radius 2 is 1.55 bits per heavy atom. The van der Waals surface area contributed by atoms with Crippen molar-refractivity contribution in [3.8, 4) is 0 Å². The predicted molar refractivity (Wildman–Crippen MR) is 81.4 cm³/mol. The van der Waals surface area contributed by atoms with Crippen molar-refractivity contribution in [1.82, 2.24) is 9.97 Å². The van der Waals surface area contributed by atoms with Crippen LogP contribution in [0.25, 0.3) is 11.0 Å². The lowest BCUT2D eigenvalue weighted by Gasteiger charge is -2.13. The van der Waals surface area contributed by atoms with Gasteiger partial charge < -0.3 is 5.73 Å². The van der Waals surface area contributed by atoms with E-state index in [0.29, 0.717) is 0 Å². The van der Waals surface area contributed by atoms with Crippen LogP contribution in [-0.4, -0.2) is 9.97 Å². The van der Waals surface area contributed by atoms with Crippen LogP contribution in [0.3, 0.4) is 0 Å². The van der Waals surface area contributed by atoms with Crippen LogP contribution in [-0.2, 0) is 6.42 Å². The van der Waals surface area contributed by atoms with Gasteiger partial charge in [0.1, 0.15) is 0 Å². The second-order valence-electron chi connectivity index (χ2n) is 4.88. The van der Waals surface area contributed by atoms with E-state index in [-0.39, 0.29) is 6.04 Å². The Kier molecular flexibility index (Phi) is 3.44. The Labute approximate surface area is 118 Å². The smallest absolute Gasteiger partial charge is 0.0890 e. The zero-order valence-corrected chi connectivity index (χ0v) is 11.5. The maximum atomic E-state index is 6.35. The SMILES string of the molecule is CCc1ccc(C(N)c2ccc3nccnc3c2)cc1. The zero-order chi connectivity index (χ0) is 13.9. The fourth-order valence-corrected chi connectivity index (χ4v) is 2.33. The van der Waals surface area contributed by atoms with E-state index in [4.69, 9.17) is 5.73 Å². The number of fused-ring (bicyclic) bond motifs is 1. The van der Waals surface area contributed by atoms with Crippen molar-refractivity contribution in [2.24, 2.45) is 5.73 Å². The maximum Gasteiger partial charge on any atom is 0.0890 e. The summed E-state index contributed by atoms with van der Waals surface area (Å²) in [5.41, 5.74) is 11.6. The predicted octanol–water partition coefficient (Wildman–Crippen LogP) is 3.24. The molecule has 0 amide bonds. The minimum absolute atomic E-state index is 0.132. The summed E-state index contributed by atoms with van der Waals surface area (Å²) in [6.07, 6.45) is 4.44. The van der Waals surface area contributed by atoms with Crippen molar-refractivity contribution >= 4 is 11.0 Å². The second-order valence-corrected chi connectivity index (χ2v) is 4.88. The average molecular weight is 263 g/mol. The van der Waals surface area contributed by atoms with Gasteiger partial charge in [0.15, 0.2) is 0 Å². The normalized spacial score (nSPS) is 12.5. The highest BCUT2D eigenvalue weighted by Gasteiger charge is 2.09. The van der Waals surface area contributed by atoms with Gasteiger partial charge in [-0.05, 0) is 35.2 Å². The van der Waals surface area contributed by atoms with Crippen LogP contribution in [0.15, 0.2) is 54.9 Å². The van der Waals surface area contributed by atoms with E-state index in [1.165, 1.54) is 5.56 Å². The zero-order valence-electron chi connectivity index (χ0n) is 11.5. The molecule has 3 aromatic rings. The monoisotopic (exact) mass is 263 g/mol. The number of hydrogen-bond donors (Lipinski definition) is 1. The molecule has 0 spiro atoms. The molecule has 1 heterocycles. The van der Waals surface area contributed by atoms with Gasteiger partial charge in [0.05, 0.1) is 17.1 Å². The number of benzene rings is 2. The first-order chi connectivity index (χ1) is 9.78. The molecule has 1 atom stereocenters. The number of aryl methyl sites for hydroxylation is 1. The van der Waals surface area contributed by atoms with Crippen LogP contribution in [0.1, 0.15) is 29.7 Å². The molecule has 3 nitrogen and oxygen atoms in total. The van der Waals surface area contributed by atoms with Crippen molar-refractivity contribution in [1.29, 1.82) is 0 Å². The van der Waals surface area contributed by atoms with Gasteiger partial charge in [-0.25, -0.2) is 0 Å².